The van der Waals surface area contributed by atoms with Gasteiger partial charge in [-0.15, -0.1) is 0 Å². The van der Waals surface area contributed by atoms with E-state index in [9.17, 15) is 0 Å². The summed E-state index contributed by atoms with van der Waals surface area (Å²) in [4.78, 5) is 0. The number of benzene rings is 1. The molecule has 2 heteroatoms. The van der Waals surface area contributed by atoms with Crippen molar-refractivity contribution in [1.82, 2.24) is 4.57 Å². The predicted octanol–water partition coefficient (Wildman–Crippen LogP) is 3.85. The number of nitrogens with one attached hydrogen (secondary N) is 1. The van der Waals surface area contributed by atoms with E-state index in [1.54, 1.807) is 0 Å². The molecule has 0 radical (unpaired) electrons. The molecule has 4 rings (SSSR count). The van der Waals surface area contributed by atoms with Crippen molar-refractivity contribution in [2.45, 2.75) is 18.9 Å². The second-order valence-corrected chi connectivity index (χ2v) is 5.63. The molecule has 1 fully saturated rings. The fraction of sp³-hybridized carbons (Fsp3) is 0.294. The summed E-state index contributed by atoms with van der Waals surface area (Å²) in [5.74, 6) is 1.67. The molecule has 19 heavy (non-hydrogen) atoms. The molecule has 1 saturated carbocycles. The molecule has 2 aromatic rings. The van der Waals surface area contributed by atoms with Gasteiger partial charge < -0.3 is 9.88 Å². The normalized spacial score (nSPS) is 27.9. The molecular weight excluding hydrogens is 232 g/mol. The van der Waals surface area contributed by atoms with Gasteiger partial charge in [0, 0.05) is 35.7 Å². The van der Waals surface area contributed by atoms with Gasteiger partial charge in [-0.05, 0) is 49.1 Å². The summed E-state index contributed by atoms with van der Waals surface area (Å²) in [5.41, 5.74) is 2.45. The Balaban J connectivity index is 1.53. The number of aromatic nitrogens is 1. The predicted molar refractivity (Wildman–Crippen MR) is 78.5 cm³/mol. The summed E-state index contributed by atoms with van der Waals surface area (Å²) in [7, 11) is 0. The summed E-state index contributed by atoms with van der Waals surface area (Å²) in [6.45, 7) is 0. The molecule has 0 spiro atoms. The van der Waals surface area contributed by atoms with E-state index in [4.69, 9.17) is 0 Å². The van der Waals surface area contributed by atoms with Crippen LogP contribution in [0.25, 0.3) is 5.69 Å². The number of hydrogen-bond donors (Lipinski definition) is 1. The van der Waals surface area contributed by atoms with Gasteiger partial charge in [-0.3, -0.25) is 0 Å². The van der Waals surface area contributed by atoms with Crippen LogP contribution >= 0.6 is 0 Å². The molecule has 1 aromatic heterocycles. The minimum absolute atomic E-state index is 0.628. The smallest absolute Gasteiger partial charge is 0.0469 e. The van der Waals surface area contributed by atoms with Crippen molar-refractivity contribution in [2.75, 3.05) is 5.32 Å². The maximum atomic E-state index is 3.69. The van der Waals surface area contributed by atoms with E-state index in [0.29, 0.717) is 6.04 Å². The van der Waals surface area contributed by atoms with E-state index in [1.165, 1.54) is 24.2 Å². The third-order valence-corrected chi connectivity index (χ3v) is 4.46. The first-order valence-electron chi connectivity index (χ1n) is 7.07. The van der Waals surface area contributed by atoms with Crippen LogP contribution in [0.15, 0.2) is 60.9 Å². The van der Waals surface area contributed by atoms with Crippen LogP contribution in [-0.2, 0) is 0 Å². The first-order valence-corrected chi connectivity index (χ1v) is 7.07. The number of fused-ring (bicyclic) bond motifs is 1. The first kappa shape index (κ1) is 10.9. The highest BCUT2D eigenvalue weighted by Gasteiger charge is 2.40. The fourth-order valence-electron chi connectivity index (χ4n) is 3.36. The van der Waals surface area contributed by atoms with Crippen LogP contribution in [0.1, 0.15) is 12.8 Å². The number of rotatable bonds is 3. The molecule has 2 aliphatic rings. The quantitative estimate of drug-likeness (QED) is 0.819. The van der Waals surface area contributed by atoms with Crippen LogP contribution in [0, 0.1) is 11.8 Å². The highest BCUT2D eigenvalue weighted by Crippen LogP contribution is 2.44. The molecule has 2 nitrogen and oxygen atoms in total. The molecule has 1 heterocycles. The summed E-state index contributed by atoms with van der Waals surface area (Å²) >= 11 is 0. The summed E-state index contributed by atoms with van der Waals surface area (Å²) in [5, 5.41) is 3.69. The molecule has 1 N–H and O–H groups in total. The number of allylic oxidation sites excluding steroid dienone is 1. The second-order valence-electron chi connectivity index (χ2n) is 5.63. The Morgan fingerprint density at radius 2 is 2.00 bits per heavy atom. The van der Waals surface area contributed by atoms with Crippen molar-refractivity contribution >= 4 is 5.69 Å². The molecule has 3 unspecified atom stereocenters. The lowest BCUT2D eigenvalue weighted by Gasteiger charge is -2.41. The van der Waals surface area contributed by atoms with Crippen LogP contribution < -0.4 is 5.32 Å². The fourth-order valence-corrected chi connectivity index (χ4v) is 3.36. The molecule has 1 aromatic carbocycles. The Labute approximate surface area is 113 Å². The van der Waals surface area contributed by atoms with Crippen molar-refractivity contribution in [3.63, 3.8) is 0 Å². The minimum Gasteiger partial charge on any atom is -0.382 e. The molecule has 96 valence electrons. The third-order valence-electron chi connectivity index (χ3n) is 4.46. The third kappa shape index (κ3) is 1.88. The van der Waals surface area contributed by atoms with Gasteiger partial charge in [-0.25, -0.2) is 0 Å². The zero-order valence-electron chi connectivity index (χ0n) is 10.9. The minimum atomic E-state index is 0.628. The lowest BCUT2D eigenvalue weighted by Crippen LogP contribution is -2.43. The van der Waals surface area contributed by atoms with Crippen molar-refractivity contribution in [2.24, 2.45) is 11.8 Å². The number of anilines is 1. The van der Waals surface area contributed by atoms with Gasteiger partial charge in [-0.2, -0.15) is 0 Å². The van der Waals surface area contributed by atoms with Crippen LogP contribution in [0.4, 0.5) is 5.69 Å². The van der Waals surface area contributed by atoms with Crippen molar-refractivity contribution in [3.8, 4) is 5.69 Å². The SMILES string of the molecule is C1=CC2C(C1)CC2Nc1cccc(-n2cccc2)c1. The molecule has 0 bridgehead atoms. The van der Waals surface area contributed by atoms with Gasteiger partial charge >= 0.3 is 0 Å². The standard InChI is InChI=1S/C17H18N2/c1-2-10-19(9-1)15-7-4-6-14(12-15)18-17-11-13-5-3-8-16(13)17/h1-4,6-10,12-13,16-18H,5,11H2. The van der Waals surface area contributed by atoms with E-state index in [2.05, 4.69) is 70.8 Å². The summed E-state index contributed by atoms with van der Waals surface area (Å²) in [6.07, 6.45) is 11.5. The van der Waals surface area contributed by atoms with Crippen molar-refractivity contribution in [1.29, 1.82) is 0 Å². The van der Waals surface area contributed by atoms with Crippen LogP contribution in [0.2, 0.25) is 0 Å². The topological polar surface area (TPSA) is 17.0 Å². The lowest BCUT2D eigenvalue weighted by atomic mass is 9.71. The van der Waals surface area contributed by atoms with E-state index < -0.39 is 0 Å². The van der Waals surface area contributed by atoms with E-state index in [0.717, 1.165) is 11.8 Å². The Bertz CT molecular complexity index is 597. The summed E-state index contributed by atoms with van der Waals surface area (Å²) in [6, 6.07) is 13.4. The first-order chi connectivity index (χ1) is 9.40. The molecular formula is C17H18N2. The van der Waals surface area contributed by atoms with Crippen LogP contribution in [0.5, 0.6) is 0 Å². The maximum absolute atomic E-state index is 3.69. The van der Waals surface area contributed by atoms with Gasteiger partial charge in [0.1, 0.15) is 0 Å². The van der Waals surface area contributed by atoms with E-state index in [-0.39, 0.29) is 0 Å². The van der Waals surface area contributed by atoms with Crippen LogP contribution in [0.3, 0.4) is 0 Å². The average Bonchev–Trinajstić information content (AvgIpc) is 3.06. The second kappa shape index (κ2) is 4.30. The van der Waals surface area contributed by atoms with Crippen molar-refractivity contribution < 1.29 is 0 Å². The number of nitrogens with zero attached hydrogens (tertiary/aromatic N) is 1. The monoisotopic (exact) mass is 250 g/mol. The van der Waals surface area contributed by atoms with Crippen LogP contribution in [-0.4, -0.2) is 10.6 Å². The largest absolute Gasteiger partial charge is 0.382 e. The highest BCUT2D eigenvalue weighted by atomic mass is 15.0. The van der Waals surface area contributed by atoms with Gasteiger partial charge in [0.2, 0.25) is 0 Å². The zero-order valence-corrected chi connectivity index (χ0v) is 10.9. The Kier molecular flexibility index (Phi) is 2.47. The Hall–Kier alpha value is -1.96. The maximum Gasteiger partial charge on any atom is 0.0469 e. The van der Waals surface area contributed by atoms with Gasteiger partial charge in [-0.1, -0.05) is 18.2 Å². The Morgan fingerprint density at radius 3 is 2.84 bits per heavy atom. The van der Waals surface area contributed by atoms with Gasteiger partial charge in [0.05, 0.1) is 0 Å². The van der Waals surface area contributed by atoms with E-state index in [1.807, 2.05) is 0 Å². The lowest BCUT2D eigenvalue weighted by molar-refractivity contribution is 0.218. The van der Waals surface area contributed by atoms with Gasteiger partial charge in [0.15, 0.2) is 0 Å². The van der Waals surface area contributed by atoms with Crippen molar-refractivity contribution in [3.05, 3.63) is 60.9 Å². The van der Waals surface area contributed by atoms with Gasteiger partial charge in [0.25, 0.3) is 0 Å². The molecule has 2 aliphatic carbocycles. The van der Waals surface area contributed by atoms with E-state index >= 15 is 0 Å². The average molecular weight is 250 g/mol. The Morgan fingerprint density at radius 1 is 1.11 bits per heavy atom. The zero-order chi connectivity index (χ0) is 12.7. The summed E-state index contributed by atoms with van der Waals surface area (Å²) < 4.78 is 2.14. The number of hydrogen-bond acceptors (Lipinski definition) is 1. The highest BCUT2D eigenvalue weighted by molar-refractivity contribution is 5.52. The molecule has 3 atom stereocenters. The molecule has 0 aliphatic heterocycles. The molecule has 0 amide bonds. The molecule has 0 saturated heterocycles.